The Morgan fingerprint density at radius 2 is 1.45 bits per heavy atom. The minimum atomic E-state index is -3.90. The smallest absolute Gasteiger partial charge is 0.264 e. The molecule has 174 valence electrons. The van der Waals surface area contributed by atoms with Crippen LogP contribution < -0.4 is 10.0 Å². The average molecular weight is 490 g/mol. The number of hydrogen-bond acceptors (Lipinski definition) is 6. The van der Waals surface area contributed by atoms with Gasteiger partial charge in [0.05, 0.1) is 16.9 Å². The number of carbonyl (C=O) groups is 1. The number of benzene rings is 3. The molecule has 3 aromatic rings. The third kappa shape index (κ3) is 5.76. The van der Waals surface area contributed by atoms with Crippen molar-refractivity contribution in [3.63, 3.8) is 0 Å². The number of nitrogens with zero attached hydrogens (tertiary/aromatic N) is 1. The minimum Gasteiger partial charge on any atom is -0.322 e. The van der Waals surface area contributed by atoms with Crippen molar-refractivity contribution < 1.29 is 26.5 Å². The lowest BCUT2D eigenvalue weighted by molar-refractivity contribution is -0.0258. The Labute approximate surface area is 193 Å². The molecule has 3 rings (SSSR count). The molecule has 0 saturated heterocycles. The molecule has 0 spiro atoms. The first-order valence-electron chi connectivity index (χ1n) is 9.67. The average Bonchev–Trinajstić information content (AvgIpc) is 2.80. The van der Waals surface area contributed by atoms with E-state index in [9.17, 15) is 21.6 Å². The zero-order chi connectivity index (χ0) is 24.2. The van der Waals surface area contributed by atoms with Crippen LogP contribution in [0.5, 0.6) is 0 Å². The Hall–Kier alpha value is -3.25. The number of carbonyl (C=O) groups excluding carboxylic acids is 1. The molecule has 9 nitrogen and oxygen atoms in total. The highest BCUT2D eigenvalue weighted by Crippen LogP contribution is 2.20. The predicted octanol–water partition coefficient (Wildman–Crippen LogP) is 3.23. The van der Waals surface area contributed by atoms with E-state index in [2.05, 4.69) is 10.0 Å². The first-order chi connectivity index (χ1) is 15.5. The van der Waals surface area contributed by atoms with Gasteiger partial charge in [0.1, 0.15) is 0 Å². The van der Waals surface area contributed by atoms with E-state index in [1.165, 1.54) is 74.8 Å². The second kappa shape index (κ2) is 9.71. The summed E-state index contributed by atoms with van der Waals surface area (Å²) in [6.45, 7) is 1.87. The fourth-order valence-corrected chi connectivity index (χ4v) is 4.88. The van der Waals surface area contributed by atoms with Crippen molar-refractivity contribution in [2.45, 2.75) is 16.7 Å². The summed E-state index contributed by atoms with van der Waals surface area (Å²) in [6.07, 6.45) is 0. The number of aryl methyl sites for hydroxylation is 1. The quantitative estimate of drug-likeness (QED) is 0.469. The number of hydrogen-bond donors (Lipinski definition) is 2. The number of hydroxylamine groups is 1. The van der Waals surface area contributed by atoms with Crippen LogP contribution in [0.1, 0.15) is 15.9 Å². The van der Waals surface area contributed by atoms with Gasteiger partial charge in [0.2, 0.25) is 0 Å². The van der Waals surface area contributed by atoms with Gasteiger partial charge in [-0.3, -0.25) is 14.4 Å². The summed E-state index contributed by atoms with van der Waals surface area (Å²) in [6, 6.07) is 18.1. The maximum Gasteiger partial charge on any atom is 0.264 e. The summed E-state index contributed by atoms with van der Waals surface area (Å²) in [5, 5.41) is 2.65. The summed E-state index contributed by atoms with van der Waals surface area (Å²) >= 11 is 0. The van der Waals surface area contributed by atoms with Gasteiger partial charge in [-0.25, -0.2) is 16.8 Å². The number of rotatable bonds is 8. The van der Waals surface area contributed by atoms with E-state index in [1.54, 1.807) is 12.1 Å². The SMILES string of the molecule is CON(C)S(=O)(=O)c1cccc(C(=O)Nc2ccc(NS(=O)(=O)c3ccc(C)cc3)cc2)c1. The van der Waals surface area contributed by atoms with Gasteiger partial charge in [-0.1, -0.05) is 28.2 Å². The van der Waals surface area contributed by atoms with Crippen LogP contribution in [0.2, 0.25) is 0 Å². The highest BCUT2D eigenvalue weighted by atomic mass is 32.2. The van der Waals surface area contributed by atoms with Crippen molar-refractivity contribution in [3.05, 3.63) is 83.9 Å². The Kier molecular flexibility index (Phi) is 7.18. The maximum absolute atomic E-state index is 12.6. The largest absolute Gasteiger partial charge is 0.322 e. The second-order valence-corrected chi connectivity index (χ2v) is 10.7. The van der Waals surface area contributed by atoms with Gasteiger partial charge >= 0.3 is 0 Å². The van der Waals surface area contributed by atoms with Gasteiger partial charge in [-0.2, -0.15) is 0 Å². The maximum atomic E-state index is 12.6. The lowest BCUT2D eigenvalue weighted by atomic mass is 10.2. The molecule has 0 radical (unpaired) electrons. The Bertz CT molecular complexity index is 1350. The Morgan fingerprint density at radius 3 is 2.06 bits per heavy atom. The van der Waals surface area contributed by atoms with Gasteiger partial charge in [-0.05, 0) is 61.5 Å². The number of anilines is 2. The summed E-state index contributed by atoms with van der Waals surface area (Å²) in [7, 11) is -5.18. The van der Waals surface area contributed by atoms with Crippen LogP contribution in [0.4, 0.5) is 11.4 Å². The predicted molar refractivity (Wildman–Crippen MR) is 125 cm³/mol. The van der Waals surface area contributed by atoms with E-state index >= 15 is 0 Å². The lowest BCUT2D eigenvalue weighted by Crippen LogP contribution is -2.26. The van der Waals surface area contributed by atoms with Crippen molar-refractivity contribution in [1.82, 2.24) is 4.47 Å². The van der Waals surface area contributed by atoms with Crippen LogP contribution in [0, 0.1) is 6.92 Å². The number of amides is 1. The molecule has 0 fully saturated rings. The van der Waals surface area contributed by atoms with Crippen LogP contribution >= 0.6 is 0 Å². The molecule has 1 amide bonds. The van der Waals surface area contributed by atoms with Gasteiger partial charge in [-0.15, -0.1) is 0 Å². The highest BCUT2D eigenvalue weighted by molar-refractivity contribution is 7.92. The molecular formula is C22H23N3O6S2. The van der Waals surface area contributed by atoms with Crippen LogP contribution in [0.25, 0.3) is 0 Å². The third-order valence-corrected chi connectivity index (χ3v) is 7.79. The molecule has 0 aliphatic carbocycles. The van der Waals surface area contributed by atoms with Crippen LogP contribution in [0.3, 0.4) is 0 Å². The molecule has 0 aliphatic rings. The van der Waals surface area contributed by atoms with Crippen molar-refractivity contribution in [2.75, 3.05) is 24.2 Å². The fraction of sp³-hybridized carbons (Fsp3) is 0.136. The molecular weight excluding hydrogens is 466 g/mol. The Balaban J connectivity index is 1.72. The van der Waals surface area contributed by atoms with E-state index < -0.39 is 26.0 Å². The summed E-state index contributed by atoms with van der Waals surface area (Å²) in [5.74, 6) is -0.528. The standard InChI is InChI=1S/C22H23N3O6S2/c1-16-7-13-20(14-8-16)32(27,28)24-19-11-9-18(10-12-19)23-22(26)17-5-4-6-21(15-17)33(29,30)25(2)31-3/h4-15,24H,1-3H3,(H,23,26). The molecule has 0 bridgehead atoms. The molecule has 0 heterocycles. The van der Waals surface area contributed by atoms with Gasteiger partial charge in [0.25, 0.3) is 26.0 Å². The number of sulfonamides is 2. The first-order valence-corrected chi connectivity index (χ1v) is 12.6. The van der Waals surface area contributed by atoms with Crippen LogP contribution in [0.15, 0.2) is 82.6 Å². The molecule has 33 heavy (non-hydrogen) atoms. The fourth-order valence-electron chi connectivity index (χ4n) is 2.80. The van der Waals surface area contributed by atoms with E-state index in [1.807, 2.05) is 6.92 Å². The molecule has 3 aromatic carbocycles. The molecule has 0 unspecified atom stereocenters. The molecule has 11 heteroatoms. The monoisotopic (exact) mass is 489 g/mol. The van der Waals surface area contributed by atoms with Crippen LogP contribution in [-0.2, 0) is 24.9 Å². The molecule has 0 aliphatic heterocycles. The summed E-state index contributed by atoms with van der Waals surface area (Å²) < 4.78 is 52.9. The molecule has 2 N–H and O–H groups in total. The van der Waals surface area contributed by atoms with Crippen molar-refractivity contribution in [2.24, 2.45) is 0 Å². The minimum absolute atomic E-state index is 0.0969. The van der Waals surface area contributed by atoms with Gasteiger partial charge in [0, 0.05) is 24.0 Å². The van der Waals surface area contributed by atoms with Crippen molar-refractivity contribution in [1.29, 1.82) is 0 Å². The topological polar surface area (TPSA) is 122 Å². The normalized spacial score (nSPS) is 11.9. The van der Waals surface area contributed by atoms with Crippen molar-refractivity contribution in [3.8, 4) is 0 Å². The molecule has 0 aromatic heterocycles. The summed E-state index contributed by atoms with van der Waals surface area (Å²) in [5.41, 5.74) is 1.80. The highest BCUT2D eigenvalue weighted by Gasteiger charge is 2.22. The van der Waals surface area contributed by atoms with Crippen molar-refractivity contribution >= 4 is 37.3 Å². The zero-order valence-electron chi connectivity index (χ0n) is 18.1. The second-order valence-electron chi connectivity index (χ2n) is 7.08. The van der Waals surface area contributed by atoms with E-state index in [-0.39, 0.29) is 15.4 Å². The van der Waals surface area contributed by atoms with E-state index in [0.717, 1.165) is 5.56 Å². The van der Waals surface area contributed by atoms with Gasteiger partial charge < -0.3 is 5.32 Å². The third-order valence-electron chi connectivity index (χ3n) is 4.72. The van der Waals surface area contributed by atoms with Crippen LogP contribution in [-0.4, -0.2) is 41.4 Å². The zero-order valence-corrected chi connectivity index (χ0v) is 19.8. The molecule has 0 atom stereocenters. The first kappa shape index (κ1) is 24.4. The van der Waals surface area contributed by atoms with E-state index in [4.69, 9.17) is 4.84 Å². The summed E-state index contributed by atoms with van der Waals surface area (Å²) in [4.78, 5) is 17.4. The molecule has 0 saturated carbocycles. The lowest BCUT2D eigenvalue weighted by Gasteiger charge is -2.14. The Morgan fingerprint density at radius 1 is 0.848 bits per heavy atom. The van der Waals surface area contributed by atoms with E-state index in [0.29, 0.717) is 15.8 Å². The number of nitrogens with one attached hydrogen (secondary N) is 2. The van der Waals surface area contributed by atoms with Gasteiger partial charge in [0.15, 0.2) is 0 Å².